The van der Waals surface area contributed by atoms with Gasteiger partial charge in [-0.05, 0) is 62.4 Å². The summed E-state index contributed by atoms with van der Waals surface area (Å²) in [7, 11) is 0. The third kappa shape index (κ3) is 7.04. The minimum Gasteiger partial charge on any atom is -0.508 e. The molecule has 0 aromatic heterocycles. The molecule has 2 aromatic rings. The number of carboxylic acids is 1. The van der Waals surface area contributed by atoms with Crippen molar-refractivity contribution in [2.24, 2.45) is 0 Å². The molecule has 0 aliphatic carbocycles. The summed E-state index contributed by atoms with van der Waals surface area (Å²) >= 11 is 0. The molecule has 0 aliphatic heterocycles. The lowest BCUT2D eigenvalue weighted by molar-refractivity contribution is -0.154. The number of hydrogen-bond donors (Lipinski definition) is 3. The lowest BCUT2D eigenvalue weighted by Crippen LogP contribution is -2.43. The third-order valence-corrected chi connectivity index (χ3v) is 4.06. The van der Waals surface area contributed by atoms with Crippen LogP contribution in [0.15, 0.2) is 48.5 Å². The number of aliphatic carboxylic acids is 1. The van der Waals surface area contributed by atoms with E-state index in [1.165, 1.54) is 6.07 Å². The molecule has 2 rings (SSSR count). The van der Waals surface area contributed by atoms with Gasteiger partial charge in [-0.1, -0.05) is 36.4 Å². The molecule has 1 atom stereocenters. The highest BCUT2D eigenvalue weighted by atomic mass is 16.6. The summed E-state index contributed by atoms with van der Waals surface area (Å²) in [4.78, 5) is 23.6. The standard InChI is InChI=1S/C22H27NO5/c1-22(2,3)28-20(25)14-23-19(21(26)27)13-16-9-10-18(24)12-17(16)11-15-7-5-4-6-8-15/h4-10,12,19,23-24H,11,13-14H2,1-3H3,(H,26,27)/t19-/m0/s1. The highest BCUT2D eigenvalue weighted by molar-refractivity contribution is 5.76. The Morgan fingerprint density at radius 2 is 1.75 bits per heavy atom. The van der Waals surface area contributed by atoms with Crippen LogP contribution in [-0.4, -0.2) is 40.3 Å². The van der Waals surface area contributed by atoms with Gasteiger partial charge in [0.15, 0.2) is 0 Å². The highest BCUT2D eigenvalue weighted by Gasteiger charge is 2.22. The van der Waals surface area contributed by atoms with Crippen LogP contribution in [0.3, 0.4) is 0 Å². The Bertz CT molecular complexity index is 811. The summed E-state index contributed by atoms with van der Waals surface area (Å²) in [5.41, 5.74) is 2.07. The Hall–Kier alpha value is -2.86. The second-order valence-corrected chi connectivity index (χ2v) is 7.68. The Morgan fingerprint density at radius 3 is 2.36 bits per heavy atom. The van der Waals surface area contributed by atoms with Gasteiger partial charge in [-0.2, -0.15) is 0 Å². The molecule has 0 aliphatic rings. The predicted molar refractivity (Wildman–Crippen MR) is 106 cm³/mol. The Balaban J connectivity index is 2.12. The van der Waals surface area contributed by atoms with Gasteiger partial charge in [0, 0.05) is 0 Å². The first kappa shape index (κ1) is 21.4. The Labute approximate surface area is 165 Å². The predicted octanol–water partition coefficient (Wildman–Crippen LogP) is 2.91. The summed E-state index contributed by atoms with van der Waals surface area (Å²) < 4.78 is 5.21. The number of rotatable bonds is 8. The first-order valence-electron chi connectivity index (χ1n) is 9.17. The van der Waals surface area contributed by atoms with E-state index in [1.807, 2.05) is 30.3 Å². The molecule has 28 heavy (non-hydrogen) atoms. The van der Waals surface area contributed by atoms with Gasteiger partial charge in [0.2, 0.25) is 0 Å². The quantitative estimate of drug-likeness (QED) is 0.605. The van der Waals surface area contributed by atoms with Crippen LogP contribution in [0.5, 0.6) is 5.75 Å². The zero-order valence-electron chi connectivity index (χ0n) is 16.4. The highest BCUT2D eigenvalue weighted by Crippen LogP contribution is 2.21. The second kappa shape index (κ2) is 9.37. The molecule has 0 unspecified atom stereocenters. The average molecular weight is 385 g/mol. The van der Waals surface area contributed by atoms with Gasteiger partial charge < -0.3 is 14.9 Å². The third-order valence-electron chi connectivity index (χ3n) is 4.06. The van der Waals surface area contributed by atoms with Crippen LogP contribution in [-0.2, 0) is 27.2 Å². The second-order valence-electron chi connectivity index (χ2n) is 7.68. The van der Waals surface area contributed by atoms with Crippen molar-refractivity contribution in [3.8, 4) is 5.75 Å². The number of phenols is 1. The minimum absolute atomic E-state index is 0.128. The van der Waals surface area contributed by atoms with Gasteiger partial charge in [0.05, 0.1) is 6.54 Å². The molecule has 0 spiro atoms. The largest absolute Gasteiger partial charge is 0.508 e. The number of ether oxygens (including phenoxy) is 1. The number of nitrogens with one attached hydrogen (secondary N) is 1. The topological polar surface area (TPSA) is 95.9 Å². The van der Waals surface area contributed by atoms with Crippen molar-refractivity contribution in [2.45, 2.75) is 45.3 Å². The number of phenolic OH excluding ortho intramolecular Hbond substituents is 1. The lowest BCUT2D eigenvalue weighted by Gasteiger charge is -2.21. The van der Waals surface area contributed by atoms with Crippen LogP contribution in [0.2, 0.25) is 0 Å². The Kier molecular flexibility index (Phi) is 7.18. The molecular formula is C22H27NO5. The normalized spacial score (nSPS) is 12.4. The zero-order chi connectivity index (χ0) is 20.7. The van der Waals surface area contributed by atoms with E-state index in [9.17, 15) is 19.8 Å². The van der Waals surface area contributed by atoms with Crippen molar-refractivity contribution in [1.29, 1.82) is 0 Å². The lowest BCUT2D eigenvalue weighted by atomic mass is 9.95. The number of hydrogen-bond acceptors (Lipinski definition) is 5. The van der Waals surface area contributed by atoms with Gasteiger partial charge in [-0.25, -0.2) is 0 Å². The number of benzene rings is 2. The molecule has 0 heterocycles. The fourth-order valence-corrected chi connectivity index (χ4v) is 2.84. The summed E-state index contributed by atoms with van der Waals surface area (Å²) in [6, 6.07) is 13.7. The molecule has 0 bridgehead atoms. The monoisotopic (exact) mass is 385 g/mol. The van der Waals surface area contributed by atoms with E-state index < -0.39 is 23.6 Å². The minimum atomic E-state index is -1.05. The fraction of sp³-hybridized carbons (Fsp3) is 0.364. The average Bonchev–Trinajstić information content (AvgIpc) is 2.59. The fourth-order valence-electron chi connectivity index (χ4n) is 2.84. The van der Waals surface area contributed by atoms with Crippen molar-refractivity contribution < 1.29 is 24.5 Å². The molecule has 0 fully saturated rings. The summed E-state index contributed by atoms with van der Waals surface area (Å²) in [5, 5.41) is 22.2. The Morgan fingerprint density at radius 1 is 1.07 bits per heavy atom. The van der Waals surface area contributed by atoms with Crippen molar-refractivity contribution in [2.75, 3.05) is 6.54 Å². The van der Waals surface area contributed by atoms with Crippen LogP contribution in [0, 0.1) is 0 Å². The SMILES string of the molecule is CC(C)(C)OC(=O)CN[C@@H](Cc1ccc(O)cc1Cc1ccccc1)C(=O)O. The van der Waals surface area contributed by atoms with Crippen molar-refractivity contribution in [3.63, 3.8) is 0 Å². The smallest absolute Gasteiger partial charge is 0.321 e. The first-order chi connectivity index (χ1) is 13.1. The van der Waals surface area contributed by atoms with E-state index in [4.69, 9.17) is 4.74 Å². The van der Waals surface area contributed by atoms with E-state index in [-0.39, 0.29) is 18.7 Å². The van der Waals surface area contributed by atoms with Crippen molar-refractivity contribution >= 4 is 11.9 Å². The van der Waals surface area contributed by atoms with Crippen molar-refractivity contribution in [1.82, 2.24) is 5.32 Å². The van der Waals surface area contributed by atoms with Gasteiger partial charge >= 0.3 is 11.9 Å². The molecule has 0 amide bonds. The number of carbonyl (C=O) groups excluding carboxylic acids is 1. The van der Waals surface area contributed by atoms with Crippen LogP contribution in [0.1, 0.15) is 37.5 Å². The van der Waals surface area contributed by atoms with Crippen LogP contribution < -0.4 is 5.32 Å². The molecule has 150 valence electrons. The van der Waals surface area contributed by atoms with Gasteiger partial charge in [0.25, 0.3) is 0 Å². The maximum atomic E-state index is 11.9. The van der Waals surface area contributed by atoms with Crippen LogP contribution in [0.25, 0.3) is 0 Å². The summed E-state index contributed by atoms with van der Waals surface area (Å²) in [6.07, 6.45) is 0.754. The van der Waals surface area contributed by atoms with E-state index >= 15 is 0 Å². The van der Waals surface area contributed by atoms with Crippen molar-refractivity contribution in [3.05, 3.63) is 65.2 Å². The molecular weight excluding hydrogens is 358 g/mol. The van der Waals surface area contributed by atoms with Crippen LogP contribution in [0.4, 0.5) is 0 Å². The zero-order valence-corrected chi connectivity index (χ0v) is 16.4. The molecule has 2 aromatic carbocycles. The molecule has 3 N–H and O–H groups in total. The molecule has 6 heteroatoms. The number of aromatic hydroxyl groups is 1. The first-order valence-corrected chi connectivity index (χ1v) is 9.17. The number of carbonyl (C=O) groups is 2. The number of esters is 1. The number of carboxylic acid groups (broad SMARTS) is 1. The molecule has 6 nitrogen and oxygen atoms in total. The van der Waals surface area contributed by atoms with Crippen LogP contribution >= 0.6 is 0 Å². The van der Waals surface area contributed by atoms with E-state index in [2.05, 4.69) is 5.32 Å². The summed E-state index contributed by atoms with van der Waals surface area (Å²) in [5.74, 6) is -1.43. The molecule has 0 saturated heterocycles. The molecule has 0 radical (unpaired) electrons. The summed E-state index contributed by atoms with van der Waals surface area (Å²) in [6.45, 7) is 5.07. The van der Waals surface area contributed by atoms with Gasteiger partial charge in [-0.3, -0.25) is 14.9 Å². The van der Waals surface area contributed by atoms with E-state index in [0.29, 0.717) is 6.42 Å². The maximum absolute atomic E-state index is 11.9. The van der Waals surface area contributed by atoms with E-state index in [1.54, 1.807) is 32.9 Å². The van der Waals surface area contributed by atoms with E-state index in [0.717, 1.165) is 16.7 Å². The van der Waals surface area contributed by atoms with Gasteiger partial charge in [0.1, 0.15) is 17.4 Å². The molecule has 0 saturated carbocycles. The maximum Gasteiger partial charge on any atom is 0.321 e. The van der Waals surface area contributed by atoms with Gasteiger partial charge in [-0.15, -0.1) is 0 Å².